The van der Waals surface area contributed by atoms with Gasteiger partial charge in [-0.05, 0) is 55.8 Å². The Balaban J connectivity index is 2.08. The molecule has 2 rings (SSSR count). The van der Waals surface area contributed by atoms with Gasteiger partial charge < -0.3 is 24.8 Å². The van der Waals surface area contributed by atoms with E-state index in [4.69, 9.17) is 9.47 Å². The Morgan fingerprint density at radius 2 is 1.52 bits per heavy atom. The van der Waals surface area contributed by atoms with Crippen molar-refractivity contribution < 1.29 is 23.8 Å². The molecule has 7 heteroatoms. The molecule has 0 aliphatic carbocycles. The molecule has 0 saturated carbocycles. The van der Waals surface area contributed by atoms with Crippen LogP contribution in [0.15, 0.2) is 42.5 Å². The third kappa shape index (κ3) is 4.91. The van der Waals surface area contributed by atoms with Crippen LogP contribution < -0.4 is 20.1 Å². The van der Waals surface area contributed by atoms with Crippen molar-refractivity contribution in [1.82, 2.24) is 5.32 Å². The van der Waals surface area contributed by atoms with Crippen LogP contribution in [0.3, 0.4) is 0 Å². The van der Waals surface area contributed by atoms with Gasteiger partial charge in [-0.3, -0.25) is 0 Å². The van der Waals surface area contributed by atoms with Gasteiger partial charge in [0.15, 0.2) is 11.5 Å². The van der Waals surface area contributed by atoms with Crippen LogP contribution in [0, 0.1) is 0 Å². The summed E-state index contributed by atoms with van der Waals surface area (Å²) in [7, 11) is 4.45. The van der Waals surface area contributed by atoms with Crippen molar-refractivity contribution in [2.45, 2.75) is 19.4 Å². The van der Waals surface area contributed by atoms with Crippen molar-refractivity contribution in [3.05, 3.63) is 53.6 Å². The molecule has 2 N–H and O–H groups in total. The Hall–Kier alpha value is -3.22. The molecule has 144 valence electrons. The van der Waals surface area contributed by atoms with Gasteiger partial charge in [-0.25, -0.2) is 9.59 Å². The maximum Gasteiger partial charge on any atom is 0.337 e. The molecular formula is C20H24N2O5. The average Bonchev–Trinajstić information content (AvgIpc) is 2.66. The molecule has 2 aromatic carbocycles. The molecule has 2 amide bonds. The quantitative estimate of drug-likeness (QED) is 0.758. The Kier molecular flexibility index (Phi) is 6.28. The molecule has 0 aliphatic heterocycles. The average molecular weight is 372 g/mol. The zero-order valence-corrected chi connectivity index (χ0v) is 16.1. The molecule has 0 unspecified atom stereocenters. The smallest absolute Gasteiger partial charge is 0.337 e. The van der Waals surface area contributed by atoms with Crippen LogP contribution in [-0.4, -0.2) is 33.3 Å². The normalized spacial score (nSPS) is 10.7. The topological polar surface area (TPSA) is 85.9 Å². The van der Waals surface area contributed by atoms with Gasteiger partial charge in [0.25, 0.3) is 0 Å². The molecule has 0 bridgehead atoms. The third-order valence-electron chi connectivity index (χ3n) is 4.10. The van der Waals surface area contributed by atoms with Crippen LogP contribution in [0.2, 0.25) is 0 Å². The minimum Gasteiger partial charge on any atom is -0.493 e. The zero-order chi connectivity index (χ0) is 20.0. The molecular weight excluding hydrogens is 348 g/mol. The van der Waals surface area contributed by atoms with E-state index in [1.807, 2.05) is 26.0 Å². The molecule has 0 saturated heterocycles. The van der Waals surface area contributed by atoms with Gasteiger partial charge in [-0.15, -0.1) is 0 Å². The van der Waals surface area contributed by atoms with E-state index in [1.54, 1.807) is 44.6 Å². The number of urea groups is 1. The number of rotatable bonds is 6. The van der Waals surface area contributed by atoms with Crippen molar-refractivity contribution in [1.29, 1.82) is 0 Å². The summed E-state index contributed by atoms with van der Waals surface area (Å²) in [5, 5.41) is 5.67. The van der Waals surface area contributed by atoms with E-state index in [2.05, 4.69) is 15.4 Å². The second-order valence-corrected chi connectivity index (χ2v) is 6.34. The molecule has 0 fully saturated rings. The predicted molar refractivity (Wildman–Crippen MR) is 103 cm³/mol. The number of carbonyl (C=O) groups is 2. The van der Waals surface area contributed by atoms with Gasteiger partial charge in [0.05, 0.1) is 32.4 Å². The Labute approximate surface area is 158 Å². The largest absolute Gasteiger partial charge is 0.493 e. The van der Waals surface area contributed by atoms with Crippen LogP contribution in [0.4, 0.5) is 10.5 Å². The number of nitrogens with one attached hydrogen (secondary N) is 2. The van der Waals surface area contributed by atoms with E-state index in [9.17, 15) is 9.59 Å². The number of anilines is 1. The number of esters is 1. The maximum atomic E-state index is 12.4. The van der Waals surface area contributed by atoms with Gasteiger partial charge in [0, 0.05) is 5.69 Å². The highest BCUT2D eigenvalue weighted by Crippen LogP contribution is 2.32. The monoisotopic (exact) mass is 372 g/mol. The number of methoxy groups -OCH3 is 3. The van der Waals surface area contributed by atoms with E-state index in [-0.39, 0.29) is 6.03 Å². The van der Waals surface area contributed by atoms with E-state index in [1.165, 1.54) is 7.11 Å². The molecule has 7 nitrogen and oxygen atoms in total. The summed E-state index contributed by atoms with van der Waals surface area (Å²) in [4.78, 5) is 23.8. The van der Waals surface area contributed by atoms with Gasteiger partial charge in [-0.1, -0.05) is 6.07 Å². The molecule has 0 atom stereocenters. The second kappa shape index (κ2) is 8.44. The van der Waals surface area contributed by atoms with Gasteiger partial charge in [0.1, 0.15) is 0 Å². The second-order valence-electron chi connectivity index (χ2n) is 6.34. The van der Waals surface area contributed by atoms with Crippen LogP contribution >= 0.6 is 0 Å². The number of amides is 2. The molecule has 2 aromatic rings. The van der Waals surface area contributed by atoms with Crippen molar-refractivity contribution in [3.63, 3.8) is 0 Å². The number of carbonyl (C=O) groups excluding carboxylic acids is 2. The molecule has 27 heavy (non-hydrogen) atoms. The Morgan fingerprint density at radius 1 is 0.889 bits per heavy atom. The lowest BCUT2D eigenvalue weighted by Crippen LogP contribution is -2.43. The lowest BCUT2D eigenvalue weighted by Gasteiger charge is -2.27. The van der Waals surface area contributed by atoms with Crippen LogP contribution in [-0.2, 0) is 10.3 Å². The van der Waals surface area contributed by atoms with Crippen LogP contribution in [0.25, 0.3) is 0 Å². The summed E-state index contributed by atoms with van der Waals surface area (Å²) >= 11 is 0. The minimum absolute atomic E-state index is 0.374. The highest BCUT2D eigenvalue weighted by molar-refractivity contribution is 5.92. The highest BCUT2D eigenvalue weighted by Gasteiger charge is 2.24. The summed E-state index contributed by atoms with van der Waals surface area (Å²) in [5.74, 6) is 0.775. The van der Waals surface area contributed by atoms with Crippen molar-refractivity contribution in [2.75, 3.05) is 26.6 Å². The first kappa shape index (κ1) is 20.1. The van der Waals surface area contributed by atoms with Gasteiger partial charge in [-0.2, -0.15) is 0 Å². The number of hydrogen-bond acceptors (Lipinski definition) is 5. The number of ether oxygens (including phenoxy) is 3. The van der Waals surface area contributed by atoms with E-state index < -0.39 is 11.5 Å². The standard InChI is InChI=1S/C20H24N2O5/c1-20(2,14-8-11-16(25-3)17(12-14)26-4)22-19(24)21-15-9-6-13(7-10-15)18(23)27-5/h6-12H,1-5H3,(H2,21,22,24). The first-order valence-electron chi connectivity index (χ1n) is 8.30. The summed E-state index contributed by atoms with van der Waals surface area (Å²) < 4.78 is 15.2. The maximum absolute atomic E-state index is 12.4. The molecule has 0 heterocycles. The predicted octanol–water partition coefficient (Wildman–Crippen LogP) is 3.55. The molecule has 0 aliphatic rings. The molecule has 0 radical (unpaired) electrons. The molecule has 0 aromatic heterocycles. The van der Waals surface area contributed by atoms with Gasteiger partial charge >= 0.3 is 12.0 Å². The SMILES string of the molecule is COC(=O)c1ccc(NC(=O)NC(C)(C)c2ccc(OC)c(OC)c2)cc1. The zero-order valence-electron chi connectivity index (χ0n) is 16.1. The van der Waals surface area contributed by atoms with Crippen molar-refractivity contribution in [3.8, 4) is 11.5 Å². The third-order valence-corrected chi connectivity index (χ3v) is 4.10. The summed E-state index contributed by atoms with van der Waals surface area (Å²) in [6.45, 7) is 3.77. The Bertz CT molecular complexity index is 816. The van der Waals surface area contributed by atoms with E-state index in [0.29, 0.717) is 22.7 Å². The van der Waals surface area contributed by atoms with Crippen molar-refractivity contribution >= 4 is 17.7 Å². The summed E-state index contributed by atoms with van der Waals surface area (Å²) in [6, 6.07) is 11.5. The lowest BCUT2D eigenvalue weighted by atomic mass is 9.94. The van der Waals surface area contributed by atoms with E-state index >= 15 is 0 Å². The first-order chi connectivity index (χ1) is 12.8. The highest BCUT2D eigenvalue weighted by atomic mass is 16.5. The van der Waals surface area contributed by atoms with Gasteiger partial charge in [0.2, 0.25) is 0 Å². The number of hydrogen-bond donors (Lipinski definition) is 2. The minimum atomic E-state index is -0.657. The first-order valence-corrected chi connectivity index (χ1v) is 8.30. The Morgan fingerprint density at radius 3 is 2.07 bits per heavy atom. The molecule has 0 spiro atoms. The van der Waals surface area contributed by atoms with Crippen LogP contribution in [0.1, 0.15) is 29.8 Å². The lowest BCUT2D eigenvalue weighted by molar-refractivity contribution is 0.0600. The van der Waals surface area contributed by atoms with Crippen LogP contribution in [0.5, 0.6) is 11.5 Å². The fraction of sp³-hybridized carbons (Fsp3) is 0.300. The van der Waals surface area contributed by atoms with E-state index in [0.717, 1.165) is 5.56 Å². The number of benzene rings is 2. The fourth-order valence-corrected chi connectivity index (χ4v) is 2.55. The summed E-state index contributed by atoms with van der Waals surface area (Å²) in [6.07, 6.45) is 0. The van der Waals surface area contributed by atoms with Crippen molar-refractivity contribution in [2.24, 2.45) is 0 Å². The summed E-state index contributed by atoms with van der Waals surface area (Å²) in [5.41, 5.74) is 1.17. The fourth-order valence-electron chi connectivity index (χ4n) is 2.55.